The van der Waals surface area contributed by atoms with Gasteiger partial charge in [0.2, 0.25) is 15.9 Å². The van der Waals surface area contributed by atoms with Crippen molar-refractivity contribution in [3.8, 4) is 0 Å². The number of hydrogen-bond acceptors (Lipinski definition) is 6. The summed E-state index contributed by atoms with van der Waals surface area (Å²) in [5.41, 5.74) is 22.9. The highest BCUT2D eigenvalue weighted by Gasteiger charge is 2.35. The molecule has 15 heteroatoms. The third-order valence-corrected chi connectivity index (χ3v) is 7.87. The number of halogens is 4. The number of rotatable bonds is 10. The van der Waals surface area contributed by atoms with E-state index >= 15 is 0 Å². The smallest absolute Gasteiger partial charge is 0.244 e. The molecule has 0 aliphatic heterocycles. The summed E-state index contributed by atoms with van der Waals surface area (Å²) >= 11 is 24.3. The third-order valence-electron chi connectivity index (χ3n) is 4.78. The molecule has 0 saturated carbocycles. The molecule has 0 radical (unpaired) electrons. The Balaban J connectivity index is 2.57. The minimum absolute atomic E-state index is 0.00712. The maximum absolute atomic E-state index is 13.7. The Morgan fingerprint density at radius 2 is 1.44 bits per heavy atom. The molecule has 0 saturated heterocycles. The Morgan fingerprint density at radius 3 is 1.88 bits per heavy atom. The van der Waals surface area contributed by atoms with Gasteiger partial charge in [0.15, 0.2) is 5.96 Å². The van der Waals surface area contributed by atoms with Crippen LogP contribution in [0.3, 0.4) is 0 Å². The molecule has 10 N–H and O–H groups in total. The van der Waals surface area contributed by atoms with Crippen molar-refractivity contribution >= 4 is 79.7 Å². The summed E-state index contributed by atoms with van der Waals surface area (Å²) in [4.78, 5) is 12.1. The molecule has 0 aliphatic carbocycles. The van der Waals surface area contributed by atoms with E-state index in [9.17, 15) is 13.2 Å². The van der Waals surface area contributed by atoms with E-state index in [0.29, 0.717) is 5.56 Å². The molecular weight excluding hydrogens is 548 g/mol. The fourth-order valence-corrected chi connectivity index (χ4v) is 5.88. The lowest BCUT2D eigenvalue weighted by Crippen LogP contribution is -2.47. The first-order valence-corrected chi connectivity index (χ1v) is 12.6. The van der Waals surface area contributed by atoms with E-state index in [4.69, 9.17) is 74.7 Å². The van der Waals surface area contributed by atoms with Crippen LogP contribution in [-0.4, -0.2) is 37.2 Å². The van der Waals surface area contributed by atoms with Crippen LogP contribution in [0.2, 0.25) is 20.1 Å². The van der Waals surface area contributed by atoms with Crippen molar-refractivity contribution < 1.29 is 13.2 Å². The van der Waals surface area contributed by atoms with Crippen LogP contribution in [0.5, 0.6) is 0 Å². The molecule has 0 aliphatic rings. The van der Waals surface area contributed by atoms with Gasteiger partial charge < -0.3 is 28.3 Å². The summed E-state index contributed by atoms with van der Waals surface area (Å²) < 4.78 is 28.3. The lowest BCUT2D eigenvalue weighted by Gasteiger charge is -2.29. The van der Waals surface area contributed by atoms with Crippen molar-refractivity contribution in [2.24, 2.45) is 11.5 Å². The van der Waals surface area contributed by atoms with Gasteiger partial charge in [0.25, 0.3) is 0 Å². The summed E-state index contributed by atoms with van der Waals surface area (Å²) in [6.45, 7) is -0.110. The summed E-state index contributed by atoms with van der Waals surface area (Å²) in [6.07, 6.45) is 0.285. The molecule has 0 bridgehead atoms. The largest absolute Gasteiger partial charge is 0.396 e. The number of carbonyl (C=O) groups is 1. The highest BCUT2D eigenvalue weighted by atomic mass is 35.5. The molecule has 10 nitrogen and oxygen atoms in total. The van der Waals surface area contributed by atoms with Crippen LogP contribution in [0.4, 0.5) is 11.4 Å². The number of nitrogen functional groups attached to an aromatic ring is 2. The van der Waals surface area contributed by atoms with Crippen molar-refractivity contribution in [2.75, 3.05) is 18.0 Å². The second kappa shape index (κ2) is 11.5. The van der Waals surface area contributed by atoms with Gasteiger partial charge >= 0.3 is 0 Å². The normalized spacial score (nSPS) is 12.5. The van der Waals surface area contributed by atoms with Crippen LogP contribution in [-0.2, 0) is 21.4 Å². The zero-order chi connectivity index (χ0) is 25.8. The van der Waals surface area contributed by atoms with Crippen LogP contribution in [0, 0.1) is 5.41 Å². The van der Waals surface area contributed by atoms with Crippen LogP contribution in [0.25, 0.3) is 0 Å². The van der Waals surface area contributed by atoms with Gasteiger partial charge in [0, 0.05) is 13.1 Å². The van der Waals surface area contributed by atoms with E-state index < -0.39 is 22.0 Å². The number of amides is 1. The SMILES string of the molecule is N=C(N)NCCC[C@H](C(N)=O)N(Cc1cc(Cl)c(N)c(Cl)c1)S(=O)(=O)c1cc(Cl)c(N)c(Cl)c1. The molecule has 34 heavy (non-hydrogen) atoms. The summed E-state index contributed by atoms with van der Waals surface area (Å²) in [5.74, 6) is -1.16. The minimum atomic E-state index is -4.39. The monoisotopic (exact) mass is 569 g/mol. The zero-order valence-corrected chi connectivity index (χ0v) is 21.5. The lowest BCUT2D eigenvalue weighted by molar-refractivity contribution is -0.122. The van der Waals surface area contributed by atoms with Crippen molar-refractivity contribution in [1.29, 1.82) is 5.41 Å². The quantitative estimate of drug-likeness (QED) is 0.109. The second-order valence-electron chi connectivity index (χ2n) is 7.22. The number of primary amides is 1. The summed E-state index contributed by atoms with van der Waals surface area (Å²) in [7, 11) is -4.39. The molecule has 1 atom stereocenters. The molecule has 0 unspecified atom stereocenters. The Hall–Kier alpha value is -2.15. The van der Waals surface area contributed by atoms with Crippen LogP contribution in [0.15, 0.2) is 29.2 Å². The Kier molecular flexibility index (Phi) is 9.52. The highest BCUT2D eigenvalue weighted by Crippen LogP contribution is 2.34. The van der Waals surface area contributed by atoms with Gasteiger partial charge in [-0.1, -0.05) is 46.4 Å². The van der Waals surface area contributed by atoms with Crippen LogP contribution >= 0.6 is 46.4 Å². The molecule has 1 amide bonds. The number of guanidine groups is 1. The fourth-order valence-electron chi connectivity index (χ4n) is 3.06. The first kappa shape index (κ1) is 28.1. The molecular formula is C19H23Cl4N7O3S. The van der Waals surface area contributed by atoms with Gasteiger partial charge in [0.1, 0.15) is 6.04 Å². The average molecular weight is 571 g/mol. The Bertz CT molecular complexity index is 1160. The molecule has 2 aromatic rings. The van der Waals surface area contributed by atoms with Gasteiger partial charge in [-0.3, -0.25) is 10.2 Å². The van der Waals surface area contributed by atoms with Crippen molar-refractivity contribution in [2.45, 2.75) is 30.3 Å². The number of anilines is 2. The van der Waals surface area contributed by atoms with Crippen LogP contribution < -0.4 is 28.3 Å². The van der Waals surface area contributed by atoms with Crippen molar-refractivity contribution in [1.82, 2.24) is 9.62 Å². The van der Waals surface area contributed by atoms with Crippen molar-refractivity contribution in [3.05, 3.63) is 49.9 Å². The molecule has 2 rings (SSSR count). The van der Waals surface area contributed by atoms with Crippen LogP contribution in [0.1, 0.15) is 18.4 Å². The van der Waals surface area contributed by atoms with Gasteiger partial charge in [-0.05, 0) is 42.7 Å². The predicted molar refractivity (Wildman–Crippen MR) is 137 cm³/mol. The first-order chi connectivity index (χ1) is 15.7. The van der Waals surface area contributed by atoms with E-state index in [1.165, 1.54) is 12.1 Å². The summed E-state index contributed by atoms with van der Waals surface area (Å²) in [6, 6.07) is 3.84. The third kappa shape index (κ3) is 6.71. The van der Waals surface area contributed by atoms with Gasteiger partial charge in [0.05, 0.1) is 36.4 Å². The standard InChI is InChI=1S/C19H23Cl4N7O3S/c20-11-4-9(5-12(21)16(11)24)8-30(15(18(26)31)2-1-3-29-19(27)28)34(32,33)10-6-13(22)17(25)14(23)7-10/h4-7,15H,1-3,8,24-25H2,(H2,26,31)(H4,27,28,29)/t15-/m1/s1. The number of nitrogens with two attached hydrogens (primary N) is 4. The molecule has 0 fully saturated rings. The molecule has 186 valence electrons. The minimum Gasteiger partial charge on any atom is -0.396 e. The Labute approximate surface area is 217 Å². The molecule has 0 spiro atoms. The lowest BCUT2D eigenvalue weighted by atomic mass is 10.1. The fraction of sp³-hybridized carbons (Fsp3) is 0.263. The molecule has 2 aromatic carbocycles. The maximum atomic E-state index is 13.7. The van der Waals surface area contributed by atoms with Gasteiger partial charge in [-0.15, -0.1) is 0 Å². The molecule has 0 heterocycles. The number of carbonyl (C=O) groups excluding carboxylic acids is 1. The molecule has 0 aromatic heterocycles. The van der Waals surface area contributed by atoms with Crippen molar-refractivity contribution in [3.63, 3.8) is 0 Å². The van der Waals surface area contributed by atoms with E-state index in [-0.39, 0.29) is 68.3 Å². The van der Waals surface area contributed by atoms with Gasteiger partial charge in [-0.25, -0.2) is 8.42 Å². The zero-order valence-electron chi connectivity index (χ0n) is 17.6. The number of sulfonamides is 1. The Morgan fingerprint density at radius 1 is 0.971 bits per heavy atom. The number of hydrogen-bond donors (Lipinski definition) is 6. The van der Waals surface area contributed by atoms with Gasteiger partial charge in [-0.2, -0.15) is 4.31 Å². The summed E-state index contributed by atoms with van der Waals surface area (Å²) in [5, 5.41) is 9.87. The number of benzene rings is 2. The maximum Gasteiger partial charge on any atom is 0.244 e. The number of nitrogens with one attached hydrogen (secondary N) is 2. The topological polar surface area (TPSA) is 194 Å². The van der Waals surface area contributed by atoms with E-state index in [1.807, 2.05) is 0 Å². The second-order valence-corrected chi connectivity index (χ2v) is 10.7. The van der Waals surface area contributed by atoms with E-state index in [0.717, 1.165) is 16.4 Å². The average Bonchev–Trinajstić information content (AvgIpc) is 2.73. The predicted octanol–water partition coefficient (Wildman–Crippen LogP) is 2.77. The first-order valence-electron chi connectivity index (χ1n) is 9.62. The highest BCUT2D eigenvalue weighted by molar-refractivity contribution is 7.89. The van der Waals surface area contributed by atoms with E-state index in [2.05, 4.69) is 5.32 Å². The van der Waals surface area contributed by atoms with E-state index in [1.54, 1.807) is 0 Å². The number of nitrogens with zero attached hydrogens (tertiary/aromatic N) is 1.